The van der Waals surface area contributed by atoms with Gasteiger partial charge in [-0.25, -0.2) is 4.98 Å². The normalized spacial score (nSPS) is 15.5. The first-order valence-electron chi connectivity index (χ1n) is 6.54. The molecule has 1 aromatic heterocycles. The highest BCUT2D eigenvalue weighted by atomic mass is 32.1. The van der Waals surface area contributed by atoms with Crippen molar-refractivity contribution in [1.82, 2.24) is 10.3 Å². The molecule has 0 spiro atoms. The van der Waals surface area contributed by atoms with Gasteiger partial charge in [-0.1, -0.05) is 13.8 Å². The van der Waals surface area contributed by atoms with E-state index in [-0.39, 0.29) is 5.54 Å². The maximum absolute atomic E-state index is 4.67. The zero-order valence-electron chi connectivity index (χ0n) is 12.0. The van der Waals surface area contributed by atoms with Gasteiger partial charge in [-0.05, 0) is 46.5 Å². The molecule has 1 rings (SSSR count). The van der Waals surface area contributed by atoms with E-state index < -0.39 is 0 Å². The number of hydrogen-bond donors (Lipinski definition) is 1. The van der Waals surface area contributed by atoms with Crippen molar-refractivity contribution in [2.24, 2.45) is 5.92 Å². The minimum absolute atomic E-state index is 0.0252. The third-order valence-electron chi connectivity index (χ3n) is 2.92. The Bertz CT molecular complexity index is 344. The monoisotopic (exact) mass is 254 g/mol. The Morgan fingerprint density at radius 1 is 1.35 bits per heavy atom. The average molecular weight is 254 g/mol. The first-order chi connectivity index (χ1) is 7.83. The van der Waals surface area contributed by atoms with E-state index in [1.807, 2.05) is 0 Å². The molecule has 17 heavy (non-hydrogen) atoms. The number of rotatable bonds is 6. The van der Waals surface area contributed by atoms with Crippen molar-refractivity contribution < 1.29 is 0 Å². The third kappa shape index (κ3) is 4.40. The molecule has 0 aromatic carbocycles. The quantitative estimate of drug-likeness (QED) is 0.826. The maximum atomic E-state index is 4.67. The summed E-state index contributed by atoms with van der Waals surface area (Å²) < 4.78 is 0. The van der Waals surface area contributed by atoms with Crippen molar-refractivity contribution in [1.29, 1.82) is 0 Å². The lowest BCUT2D eigenvalue weighted by molar-refractivity contribution is 0.288. The third-order valence-corrected chi connectivity index (χ3v) is 4.14. The highest BCUT2D eigenvalue weighted by Gasteiger charge is 2.29. The molecule has 0 radical (unpaired) electrons. The molecule has 1 heterocycles. The van der Waals surface area contributed by atoms with Gasteiger partial charge in [0, 0.05) is 17.1 Å². The molecular weight excluding hydrogens is 228 g/mol. The van der Waals surface area contributed by atoms with E-state index in [4.69, 9.17) is 0 Å². The first kappa shape index (κ1) is 14.7. The summed E-state index contributed by atoms with van der Waals surface area (Å²) >= 11 is 1.78. The van der Waals surface area contributed by atoms with Gasteiger partial charge in [0.15, 0.2) is 0 Å². The maximum Gasteiger partial charge on any atom is 0.113 e. The smallest absolute Gasteiger partial charge is 0.113 e. The van der Waals surface area contributed by atoms with Crippen molar-refractivity contribution in [2.75, 3.05) is 0 Å². The van der Waals surface area contributed by atoms with E-state index in [1.165, 1.54) is 11.4 Å². The highest BCUT2D eigenvalue weighted by Crippen LogP contribution is 2.30. The molecule has 1 unspecified atom stereocenters. The second-order valence-corrected chi connectivity index (χ2v) is 6.72. The summed E-state index contributed by atoms with van der Waals surface area (Å²) in [7, 11) is 0. The molecule has 0 aliphatic carbocycles. The Hall–Kier alpha value is -0.410. The molecule has 98 valence electrons. The lowest BCUT2D eigenvalue weighted by atomic mass is 9.91. The summed E-state index contributed by atoms with van der Waals surface area (Å²) in [5.74, 6) is 0.740. The van der Waals surface area contributed by atoms with Crippen LogP contribution in [-0.4, -0.2) is 11.0 Å². The van der Waals surface area contributed by atoms with Gasteiger partial charge in [-0.2, -0.15) is 0 Å². The van der Waals surface area contributed by atoms with Crippen LogP contribution in [0.5, 0.6) is 0 Å². The Labute approximate surface area is 110 Å². The van der Waals surface area contributed by atoms with Gasteiger partial charge in [0.25, 0.3) is 0 Å². The van der Waals surface area contributed by atoms with E-state index in [0.29, 0.717) is 6.04 Å². The summed E-state index contributed by atoms with van der Waals surface area (Å²) in [6, 6.07) is 0.483. The molecule has 1 aromatic rings. The largest absolute Gasteiger partial charge is 0.303 e. The van der Waals surface area contributed by atoms with E-state index in [2.05, 4.69) is 57.2 Å². The van der Waals surface area contributed by atoms with Gasteiger partial charge in [0.1, 0.15) is 5.01 Å². The molecule has 1 atom stereocenters. The predicted octanol–water partition coefficient (Wildman–Crippen LogP) is 4.10. The minimum Gasteiger partial charge on any atom is -0.303 e. The zero-order chi connectivity index (χ0) is 13.1. The Kier molecular flexibility index (Phi) is 5.14. The summed E-state index contributed by atoms with van der Waals surface area (Å²) in [5.41, 5.74) is 1.16. The summed E-state index contributed by atoms with van der Waals surface area (Å²) in [6.07, 6.45) is 2.38. The molecule has 0 saturated carbocycles. The molecule has 0 aliphatic heterocycles. The molecule has 0 fully saturated rings. The molecule has 2 nitrogen and oxygen atoms in total. The summed E-state index contributed by atoms with van der Waals surface area (Å²) in [6.45, 7) is 13.3. The van der Waals surface area contributed by atoms with Gasteiger partial charge < -0.3 is 5.32 Å². The number of thiazole rings is 1. The van der Waals surface area contributed by atoms with E-state index in [0.717, 1.165) is 18.0 Å². The minimum atomic E-state index is 0.0252. The van der Waals surface area contributed by atoms with E-state index in [1.54, 1.807) is 11.3 Å². The second-order valence-electron chi connectivity index (χ2n) is 5.86. The molecule has 0 amide bonds. The van der Waals surface area contributed by atoms with Crippen LogP contribution in [0.15, 0.2) is 5.38 Å². The van der Waals surface area contributed by atoms with E-state index >= 15 is 0 Å². The van der Waals surface area contributed by atoms with Crippen LogP contribution >= 0.6 is 11.3 Å². The van der Waals surface area contributed by atoms with Crippen LogP contribution < -0.4 is 5.32 Å². The molecule has 0 bridgehead atoms. The predicted molar refractivity (Wildman–Crippen MR) is 76.5 cm³/mol. The number of nitrogens with one attached hydrogen (secondary N) is 1. The summed E-state index contributed by atoms with van der Waals surface area (Å²) in [4.78, 5) is 4.67. The van der Waals surface area contributed by atoms with Crippen molar-refractivity contribution in [3.63, 3.8) is 0 Å². The SMILES string of the molecule is Cc1csc(C(C)(CCC(C)C)NC(C)C)n1. The first-order valence-corrected chi connectivity index (χ1v) is 7.42. The van der Waals surface area contributed by atoms with Crippen molar-refractivity contribution in [3.8, 4) is 0 Å². The number of nitrogens with zero attached hydrogens (tertiary/aromatic N) is 1. The fourth-order valence-corrected chi connectivity index (χ4v) is 3.02. The van der Waals surface area contributed by atoms with E-state index in [9.17, 15) is 0 Å². The van der Waals surface area contributed by atoms with Crippen LogP contribution in [0, 0.1) is 12.8 Å². The Morgan fingerprint density at radius 2 is 2.00 bits per heavy atom. The van der Waals surface area contributed by atoms with Crippen molar-refractivity contribution in [2.45, 2.75) is 66.0 Å². The average Bonchev–Trinajstić information content (AvgIpc) is 2.61. The van der Waals surface area contributed by atoms with Crippen LogP contribution in [0.25, 0.3) is 0 Å². The topological polar surface area (TPSA) is 24.9 Å². The van der Waals surface area contributed by atoms with Gasteiger partial charge in [0.05, 0.1) is 5.54 Å². The van der Waals surface area contributed by atoms with Crippen LogP contribution in [0.3, 0.4) is 0 Å². The summed E-state index contributed by atoms with van der Waals surface area (Å²) in [5, 5.41) is 7.06. The fourth-order valence-electron chi connectivity index (χ4n) is 2.06. The Morgan fingerprint density at radius 3 is 2.41 bits per heavy atom. The van der Waals surface area contributed by atoms with Crippen LogP contribution in [-0.2, 0) is 5.54 Å². The lowest BCUT2D eigenvalue weighted by Crippen LogP contribution is -2.43. The van der Waals surface area contributed by atoms with Crippen LogP contribution in [0.4, 0.5) is 0 Å². The number of hydrogen-bond acceptors (Lipinski definition) is 3. The molecule has 1 N–H and O–H groups in total. The fraction of sp³-hybridized carbons (Fsp3) is 0.786. The van der Waals surface area contributed by atoms with Crippen LogP contribution in [0.1, 0.15) is 58.2 Å². The Balaban J connectivity index is 2.85. The highest BCUT2D eigenvalue weighted by molar-refractivity contribution is 7.09. The number of aromatic nitrogens is 1. The van der Waals surface area contributed by atoms with Crippen molar-refractivity contribution in [3.05, 3.63) is 16.1 Å². The van der Waals surface area contributed by atoms with Gasteiger partial charge in [0.2, 0.25) is 0 Å². The van der Waals surface area contributed by atoms with Crippen LogP contribution in [0.2, 0.25) is 0 Å². The second kappa shape index (κ2) is 5.96. The van der Waals surface area contributed by atoms with Gasteiger partial charge >= 0.3 is 0 Å². The number of aryl methyl sites for hydroxylation is 1. The molecular formula is C14H26N2S. The standard InChI is InChI=1S/C14H26N2S/c1-10(2)7-8-14(6,16-11(3)4)13-15-12(5)9-17-13/h9-11,16H,7-8H2,1-6H3. The van der Waals surface area contributed by atoms with Crippen molar-refractivity contribution >= 4 is 11.3 Å². The van der Waals surface area contributed by atoms with Gasteiger partial charge in [-0.15, -0.1) is 11.3 Å². The van der Waals surface area contributed by atoms with Gasteiger partial charge in [-0.3, -0.25) is 0 Å². The molecule has 0 saturated heterocycles. The molecule has 3 heteroatoms. The lowest BCUT2D eigenvalue weighted by Gasteiger charge is -2.32. The zero-order valence-corrected chi connectivity index (χ0v) is 12.8. The molecule has 0 aliphatic rings.